The first-order valence-corrected chi connectivity index (χ1v) is 7.47. The number of para-hydroxylation sites is 1. The Labute approximate surface area is 120 Å². The number of nitrogens with zero attached hydrogens (tertiary/aromatic N) is 1. The summed E-state index contributed by atoms with van der Waals surface area (Å²) >= 11 is 0. The molecule has 0 fully saturated rings. The van der Waals surface area contributed by atoms with Crippen molar-refractivity contribution < 1.29 is 9.53 Å². The molecule has 0 saturated carbocycles. The van der Waals surface area contributed by atoms with Crippen LogP contribution in [0.1, 0.15) is 45.4 Å². The number of carbonyl (C=O) groups excluding carboxylic acids is 1. The van der Waals surface area contributed by atoms with Gasteiger partial charge in [-0.3, -0.25) is 4.79 Å². The summed E-state index contributed by atoms with van der Waals surface area (Å²) in [6, 6.07) is 9.95. The molecular weight excluding hydrogens is 250 g/mol. The molecule has 0 bridgehead atoms. The van der Waals surface area contributed by atoms with Crippen LogP contribution in [0.2, 0.25) is 0 Å². The minimum absolute atomic E-state index is 0.132. The van der Waals surface area contributed by atoms with Gasteiger partial charge in [0, 0.05) is 24.9 Å². The Morgan fingerprint density at radius 1 is 1.15 bits per heavy atom. The Hall–Kier alpha value is -1.77. The second-order valence-electron chi connectivity index (χ2n) is 5.24. The molecule has 1 aromatic heterocycles. The average Bonchev–Trinajstić information content (AvgIpc) is 2.76. The molecule has 0 saturated heterocycles. The molecule has 3 heteroatoms. The van der Waals surface area contributed by atoms with Crippen LogP contribution in [0.15, 0.2) is 30.3 Å². The highest BCUT2D eigenvalue weighted by Gasteiger charge is 2.10. The third kappa shape index (κ3) is 3.62. The zero-order valence-electron chi connectivity index (χ0n) is 12.4. The van der Waals surface area contributed by atoms with Gasteiger partial charge in [0.1, 0.15) is 0 Å². The van der Waals surface area contributed by atoms with Gasteiger partial charge in [0.05, 0.1) is 5.52 Å². The van der Waals surface area contributed by atoms with E-state index in [2.05, 4.69) is 6.92 Å². The highest BCUT2D eigenvalue weighted by atomic mass is 16.5. The molecule has 2 aromatic rings. The first-order chi connectivity index (χ1) is 9.72. The van der Waals surface area contributed by atoms with Gasteiger partial charge in [-0.25, -0.2) is 0 Å². The summed E-state index contributed by atoms with van der Waals surface area (Å²) in [5, 5.41) is 1.10. The van der Waals surface area contributed by atoms with Crippen LogP contribution in [0.4, 0.5) is 0 Å². The summed E-state index contributed by atoms with van der Waals surface area (Å²) in [5.41, 5.74) is 1.08. The molecule has 1 aromatic carbocycles. The number of aromatic nitrogens is 1. The van der Waals surface area contributed by atoms with Gasteiger partial charge >= 0.3 is 5.97 Å². The second-order valence-corrected chi connectivity index (χ2v) is 5.24. The van der Waals surface area contributed by atoms with E-state index in [0.717, 1.165) is 23.7 Å². The normalized spacial score (nSPS) is 10.9. The van der Waals surface area contributed by atoms with Crippen LogP contribution < -0.4 is 4.74 Å². The maximum atomic E-state index is 11.8. The molecule has 0 radical (unpaired) electrons. The van der Waals surface area contributed by atoms with Crippen molar-refractivity contribution in [1.82, 2.24) is 4.57 Å². The molecule has 108 valence electrons. The van der Waals surface area contributed by atoms with Gasteiger partial charge < -0.3 is 9.30 Å². The number of fused-ring (bicyclic) bond motifs is 1. The molecule has 0 aliphatic rings. The third-order valence-electron chi connectivity index (χ3n) is 3.61. The molecule has 3 nitrogen and oxygen atoms in total. The van der Waals surface area contributed by atoms with Gasteiger partial charge in [-0.2, -0.15) is 0 Å². The van der Waals surface area contributed by atoms with Crippen LogP contribution in [0.25, 0.3) is 10.9 Å². The number of benzene rings is 1. The molecule has 0 aliphatic heterocycles. The number of hydrogen-bond donors (Lipinski definition) is 0. The van der Waals surface area contributed by atoms with Crippen molar-refractivity contribution in [3.05, 3.63) is 30.3 Å². The van der Waals surface area contributed by atoms with Crippen LogP contribution in [0.3, 0.4) is 0 Å². The summed E-state index contributed by atoms with van der Waals surface area (Å²) in [6.45, 7) is 2.19. The minimum atomic E-state index is -0.132. The number of carbonyl (C=O) groups is 1. The Morgan fingerprint density at radius 2 is 1.90 bits per heavy atom. The van der Waals surface area contributed by atoms with Crippen LogP contribution in [-0.2, 0) is 11.8 Å². The van der Waals surface area contributed by atoms with Gasteiger partial charge in [-0.05, 0) is 12.5 Å². The number of ether oxygens (including phenoxy) is 1. The van der Waals surface area contributed by atoms with E-state index < -0.39 is 0 Å². The number of unbranched alkanes of at least 4 members (excludes halogenated alkanes) is 4. The maximum Gasteiger partial charge on any atom is 0.312 e. The van der Waals surface area contributed by atoms with Crippen molar-refractivity contribution in [2.45, 2.75) is 45.4 Å². The number of hydrogen-bond acceptors (Lipinski definition) is 2. The Morgan fingerprint density at radius 3 is 2.65 bits per heavy atom. The lowest BCUT2D eigenvalue weighted by Gasteiger charge is -2.05. The van der Waals surface area contributed by atoms with Crippen LogP contribution in [-0.4, -0.2) is 10.5 Å². The van der Waals surface area contributed by atoms with E-state index in [-0.39, 0.29) is 5.97 Å². The largest absolute Gasteiger partial charge is 0.409 e. The molecule has 0 amide bonds. The van der Waals surface area contributed by atoms with E-state index in [1.165, 1.54) is 19.3 Å². The summed E-state index contributed by atoms with van der Waals surface area (Å²) < 4.78 is 7.38. The van der Waals surface area contributed by atoms with Gasteiger partial charge in [0.25, 0.3) is 0 Å². The van der Waals surface area contributed by atoms with E-state index in [0.29, 0.717) is 12.3 Å². The van der Waals surface area contributed by atoms with Gasteiger partial charge in [0.15, 0.2) is 0 Å². The van der Waals surface area contributed by atoms with Crippen LogP contribution in [0, 0.1) is 0 Å². The fourth-order valence-electron chi connectivity index (χ4n) is 2.40. The maximum absolute atomic E-state index is 11.8. The average molecular weight is 273 g/mol. The molecule has 0 atom stereocenters. The Balaban J connectivity index is 1.88. The topological polar surface area (TPSA) is 31.2 Å². The van der Waals surface area contributed by atoms with Crippen molar-refractivity contribution in [2.75, 3.05) is 0 Å². The molecule has 0 aliphatic carbocycles. The molecular formula is C17H23NO2. The Bertz CT molecular complexity index is 571. The lowest BCUT2D eigenvalue weighted by molar-refractivity contribution is -0.134. The zero-order valence-corrected chi connectivity index (χ0v) is 12.4. The first-order valence-electron chi connectivity index (χ1n) is 7.47. The number of aryl methyl sites for hydroxylation is 1. The van der Waals surface area contributed by atoms with E-state index in [9.17, 15) is 4.79 Å². The predicted octanol–water partition coefficient (Wildman–Crippen LogP) is 4.44. The van der Waals surface area contributed by atoms with Crippen molar-refractivity contribution in [3.63, 3.8) is 0 Å². The van der Waals surface area contributed by atoms with E-state index in [4.69, 9.17) is 4.74 Å². The van der Waals surface area contributed by atoms with Crippen LogP contribution >= 0.6 is 0 Å². The minimum Gasteiger partial charge on any atom is -0.409 e. The number of rotatable bonds is 7. The van der Waals surface area contributed by atoms with E-state index in [1.54, 1.807) is 0 Å². The van der Waals surface area contributed by atoms with E-state index in [1.807, 2.05) is 41.9 Å². The molecule has 2 rings (SSSR count). The lowest BCUT2D eigenvalue weighted by Crippen LogP contribution is -2.09. The van der Waals surface area contributed by atoms with E-state index >= 15 is 0 Å². The molecule has 20 heavy (non-hydrogen) atoms. The highest BCUT2D eigenvalue weighted by Crippen LogP contribution is 2.24. The number of esters is 1. The van der Waals surface area contributed by atoms with Gasteiger partial charge in [-0.15, -0.1) is 0 Å². The summed E-state index contributed by atoms with van der Waals surface area (Å²) in [4.78, 5) is 11.8. The summed E-state index contributed by atoms with van der Waals surface area (Å²) in [7, 11) is 1.92. The van der Waals surface area contributed by atoms with Crippen molar-refractivity contribution in [3.8, 4) is 5.88 Å². The fourth-order valence-corrected chi connectivity index (χ4v) is 2.40. The third-order valence-corrected chi connectivity index (χ3v) is 3.61. The monoisotopic (exact) mass is 273 g/mol. The predicted molar refractivity (Wildman–Crippen MR) is 81.9 cm³/mol. The van der Waals surface area contributed by atoms with Gasteiger partial charge in [-0.1, -0.05) is 50.8 Å². The SMILES string of the molecule is CCCCCCCC(=O)Oc1cc2ccccc2n1C. The highest BCUT2D eigenvalue weighted by molar-refractivity contribution is 5.83. The fraction of sp³-hybridized carbons (Fsp3) is 0.471. The zero-order chi connectivity index (χ0) is 14.4. The first kappa shape index (κ1) is 14.6. The quantitative estimate of drug-likeness (QED) is 0.551. The van der Waals surface area contributed by atoms with Crippen molar-refractivity contribution in [1.29, 1.82) is 0 Å². The summed E-state index contributed by atoms with van der Waals surface area (Å²) in [5.74, 6) is 0.497. The van der Waals surface area contributed by atoms with Crippen molar-refractivity contribution >= 4 is 16.9 Å². The standard InChI is InChI=1S/C17H23NO2/c1-3-4-5-6-7-12-17(19)20-16-13-14-10-8-9-11-15(14)18(16)2/h8-11,13H,3-7,12H2,1-2H3. The summed E-state index contributed by atoms with van der Waals surface area (Å²) in [6.07, 6.45) is 6.21. The molecule has 0 N–H and O–H groups in total. The van der Waals surface area contributed by atoms with Crippen LogP contribution in [0.5, 0.6) is 5.88 Å². The van der Waals surface area contributed by atoms with Crippen molar-refractivity contribution in [2.24, 2.45) is 7.05 Å². The smallest absolute Gasteiger partial charge is 0.312 e. The van der Waals surface area contributed by atoms with Gasteiger partial charge in [0.2, 0.25) is 5.88 Å². The Kier molecular flexibility index (Phi) is 5.22. The lowest BCUT2D eigenvalue weighted by atomic mass is 10.1. The molecule has 1 heterocycles. The molecule has 0 unspecified atom stereocenters. The molecule has 0 spiro atoms. The second kappa shape index (κ2) is 7.13.